The summed E-state index contributed by atoms with van der Waals surface area (Å²) in [5.41, 5.74) is 1.08. The zero-order chi connectivity index (χ0) is 10.8. The largest absolute Gasteiger partial charge is 0.347 e. The average molecular weight is 240 g/mol. The van der Waals surface area contributed by atoms with Crippen LogP contribution in [0.1, 0.15) is 18.5 Å². The highest BCUT2D eigenvalue weighted by Crippen LogP contribution is 2.28. The van der Waals surface area contributed by atoms with Crippen molar-refractivity contribution in [1.82, 2.24) is 4.57 Å². The summed E-state index contributed by atoms with van der Waals surface area (Å²) < 4.78 is 2.11. The van der Waals surface area contributed by atoms with Gasteiger partial charge in [-0.2, -0.15) is 0 Å². The maximum Gasteiger partial charge on any atom is 0.0566 e. The van der Waals surface area contributed by atoms with Gasteiger partial charge in [-0.3, -0.25) is 0 Å². The smallest absolute Gasteiger partial charge is 0.0566 e. The van der Waals surface area contributed by atoms with Gasteiger partial charge in [-0.25, -0.2) is 0 Å². The predicted octanol–water partition coefficient (Wildman–Crippen LogP) is 4.40. The van der Waals surface area contributed by atoms with E-state index >= 15 is 0 Å². The number of hydrogen-bond donors (Lipinski definition) is 0. The Bertz CT molecular complexity index is 449. The van der Waals surface area contributed by atoms with Crippen molar-refractivity contribution in [2.24, 2.45) is 0 Å². The van der Waals surface area contributed by atoms with Gasteiger partial charge in [-0.15, -0.1) is 0 Å². The first-order chi connectivity index (χ1) is 7.18. The van der Waals surface area contributed by atoms with Crippen LogP contribution in [0, 0.1) is 0 Å². The van der Waals surface area contributed by atoms with Crippen LogP contribution < -0.4 is 0 Å². The molecule has 1 aromatic heterocycles. The molecule has 0 bridgehead atoms. The monoisotopic (exact) mass is 239 g/mol. The molecule has 1 unspecified atom stereocenters. The second kappa shape index (κ2) is 4.30. The molecule has 1 heterocycles. The van der Waals surface area contributed by atoms with Gasteiger partial charge in [0.15, 0.2) is 0 Å². The molecule has 0 amide bonds. The third kappa shape index (κ3) is 2.19. The van der Waals surface area contributed by atoms with E-state index in [1.54, 1.807) is 6.07 Å². The molecule has 0 fully saturated rings. The lowest BCUT2D eigenvalue weighted by atomic mass is 10.1. The number of nitrogens with zero attached hydrogens (tertiary/aromatic N) is 1. The summed E-state index contributed by atoms with van der Waals surface area (Å²) in [6.45, 7) is 2.11. The van der Waals surface area contributed by atoms with Crippen molar-refractivity contribution in [2.75, 3.05) is 0 Å². The van der Waals surface area contributed by atoms with Crippen molar-refractivity contribution in [2.45, 2.75) is 13.0 Å². The molecule has 2 rings (SSSR count). The van der Waals surface area contributed by atoms with Crippen molar-refractivity contribution in [3.63, 3.8) is 0 Å². The number of rotatable bonds is 2. The second-order valence-corrected chi connectivity index (χ2v) is 4.32. The van der Waals surface area contributed by atoms with E-state index in [9.17, 15) is 0 Å². The highest BCUT2D eigenvalue weighted by atomic mass is 35.5. The Balaban J connectivity index is 2.38. The van der Waals surface area contributed by atoms with Crippen molar-refractivity contribution in [3.05, 3.63) is 58.3 Å². The lowest BCUT2D eigenvalue weighted by Crippen LogP contribution is -2.04. The van der Waals surface area contributed by atoms with E-state index in [-0.39, 0.29) is 6.04 Å². The maximum atomic E-state index is 6.14. The molecule has 0 saturated carbocycles. The third-order valence-corrected chi connectivity index (χ3v) is 3.05. The molecule has 1 nitrogen and oxygen atoms in total. The maximum absolute atomic E-state index is 6.14. The van der Waals surface area contributed by atoms with Crippen LogP contribution in [0.25, 0.3) is 0 Å². The van der Waals surface area contributed by atoms with Crippen LogP contribution in [0.3, 0.4) is 0 Å². The molecule has 2 aromatic rings. The third-order valence-electron chi connectivity index (χ3n) is 2.49. The highest BCUT2D eigenvalue weighted by molar-refractivity contribution is 6.35. The number of benzene rings is 1. The van der Waals surface area contributed by atoms with Gasteiger partial charge in [0.05, 0.1) is 6.04 Å². The summed E-state index contributed by atoms with van der Waals surface area (Å²) >= 11 is 12.0. The lowest BCUT2D eigenvalue weighted by Gasteiger charge is -2.15. The molecule has 0 aliphatic heterocycles. The Hall–Kier alpha value is -0.920. The molecule has 3 heteroatoms. The van der Waals surface area contributed by atoms with Gasteiger partial charge in [0.25, 0.3) is 0 Å². The first-order valence-corrected chi connectivity index (χ1v) is 5.51. The van der Waals surface area contributed by atoms with Crippen molar-refractivity contribution < 1.29 is 0 Å². The van der Waals surface area contributed by atoms with Gasteiger partial charge < -0.3 is 4.57 Å². The normalized spacial score (nSPS) is 12.7. The van der Waals surface area contributed by atoms with Gasteiger partial charge in [0.2, 0.25) is 0 Å². The van der Waals surface area contributed by atoms with E-state index < -0.39 is 0 Å². The van der Waals surface area contributed by atoms with E-state index in [2.05, 4.69) is 11.5 Å². The standard InChI is InChI=1S/C12H11Cl2N/c1-9(15-6-2-3-7-15)11-5-4-10(13)8-12(11)14/h2-9H,1H3. The van der Waals surface area contributed by atoms with E-state index in [1.165, 1.54) is 0 Å². The van der Waals surface area contributed by atoms with Crippen LogP contribution in [0.15, 0.2) is 42.7 Å². The molecule has 1 aromatic carbocycles. The Kier molecular flexibility index (Phi) is 3.03. The van der Waals surface area contributed by atoms with Gasteiger partial charge in [-0.05, 0) is 36.8 Å². The number of aromatic nitrogens is 1. The minimum absolute atomic E-state index is 0.227. The van der Waals surface area contributed by atoms with Crippen molar-refractivity contribution in [1.29, 1.82) is 0 Å². The molecular formula is C12H11Cl2N. The quantitative estimate of drug-likeness (QED) is 0.732. The first-order valence-electron chi connectivity index (χ1n) is 4.76. The zero-order valence-electron chi connectivity index (χ0n) is 8.32. The van der Waals surface area contributed by atoms with Crippen molar-refractivity contribution >= 4 is 23.2 Å². The van der Waals surface area contributed by atoms with Crippen LogP contribution in [-0.4, -0.2) is 4.57 Å². The van der Waals surface area contributed by atoms with Crippen LogP contribution in [0.4, 0.5) is 0 Å². The summed E-state index contributed by atoms with van der Waals surface area (Å²) in [6, 6.07) is 9.83. The molecule has 0 saturated heterocycles. The fraction of sp³-hybridized carbons (Fsp3) is 0.167. The minimum atomic E-state index is 0.227. The second-order valence-electron chi connectivity index (χ2n) is 3.47. The molecular weight excluding hydrogens is 229 g/mol. The summed E-state index contributed by atoms with van der Waals surface area (Å²) in [5, 5.41) is 1.38. The fourth-order valence-electron chi connectivity index (χ4n) is 1.61. The highest BCUT2D eigenvalue weighted by Gasteiger charge is 2.10. The number of hydrogen-bond acceptors (Lipinski definition) is 0. The van der Waals surface area contributed by atoms with E-state index in [0.717, 1.165) is 5.56 Å². The van der Waals surface area contributed by atoms with Crippen molar-refractivity contribution in [3.8, 4) is 0 Å². The summed E-state index contributed by atoms with van der Waals surface area (Å²) in [6.07, 6.45) is 4.05. The zero-order valence-corrected chi connectivity index (χ0v) is 9.83. The molecule has 15 heavy (non-hydrogen) atoms. The summed E-state index contributed by atoms with van der Waals surface area (Å²) in [7, 11) is 0. The van der Waals surface area contributed by atoms with E-state index in [0.29, 0.717) is 10.0 Å². The average Bonchev–Trinajstić information content (AvgIpc) is 2.69. The summed E-state index contributed by atoms with van der Waals surface area (Å²) in [4.78, 5) is 0. The molecule has 0 N–H and O–H groups in total. The fourth-order valence-corrected chi connectivity index (χ4v) is 2.17. The molecule has 0 aliphatic carbocycles. The van der Waals surface area contributed by atoms with Crippen LogP contribution in [0.2, 0.25) is 10.0 Å². The van der Waals surface area contributed by atoms with E-state index in [1.807, 2.05) is 36.7 Å². The molecule has 78 valence electrons. The Labute approximate surface area is 99.2 Å². The Morgan fingerprint density at radius 2 is 1.80 bits per heavy atom. The molecule has 0 aliphatic rings. The molecule has 0 spiro atoms. The van der Waals surface area contributed by atoms with Crippen LogP contribution in [0.5, 0.6) is 0 Å². The Morgan fingerprint density at radius 1 is 1.13 bits per heavy atom. The SMILES string of the molecule is CC(c1ccc(Cl)cc1Cl)n1cccc1. The minimum Gasteiger partial charge on any atom is -0.347 e. The van der Waals surface area contributed by atoms with Crippen LogP contribution in [-0.2, 0) is 0 Å². The van der Waals surface area contributed by atoms with Gasteiger partial charge >= 0.3 is 0 Å². The van der Waals surface area contributed by atoms with Crippen LogP contribution >= 0.6 is 23.2 Å². The molecule has 1 atom stereocenters. The number of halogens is 2. The summed E-state index contributed by atoms with van der Waals surface area (Å²) in [5.74, 6) is 0. The topological polar surface area (TPSA) is 4.93 Å². The lowest BCUT2D eigenvalue weighted by molar-refractivity contribution is 0.643. The Morgan fingerprint density at radius 3 is 2.40 bits per heavy atom. The van der Waals surface area contributed by atoms with Gasteiger partial charge in [-0.1, -0.05) is 29.3 Å². The van der Waals surface area contributed by atoms with E-state index in [4.69, 9.17) is 23.2 Å². The van der Waals surface area contributed by atoms with Gasteiger partial charge in [0.1, 0.15) is 0 Å². The first kappa shape index (κ1) is 10.6. The van der Waals surface area contributed by atoms with Gasteiger partial charge in [0, 0.05) is 22.4 Å². The molecule has 0 radical (unpaired) electrons. The predicted molar refractivity (Wildman–Crippen MR) is 64.7 cm³/mol.